The number of amides is 1. The van der Waals surface area contributed by atoms with Crippen molar-refractivity contribution < 1.29 is 13.7 Å². The van der Waals surface area contributed by atoms with Crippen LogP contribution in [-0.4, -0.2) is 11.1 Å². The van der Waals surface area contributed by atoms with E-state index >= 15 is 0 Å². The Bertz CT molecular complexity index is 878. The molecule has 1 aliphatic carbocycles. The van der Waals surface area contributed by atoms with E-state index in [1.54, 1.807) is 24.5 Å². The van der Waals surface area contributed by atoms with E-state index in [1.165, 1.54) is 0 Å². The summed E-state index contributed by atoms with van der Waals surface area (Å²) in [4.78, 5) is 13.0. The summed E-state index contributed by atoms with van der Waals surface area (Å²) in [5.74, 6) is 1.19. The van der Waals surface area contributed by atoms with Gasteiger partial charge in [0.25, 0.3) is 0 Å². The van der Waals surface area contributed by atoms with E-state index in [4.69, 9.17) is 20.5 Å². The Morgan fingerprint density at radius 2 is 1.92 bits per heavy atom. The first-order chi connectivity index (χ1) is 12.7. The van der Waals surface area contributed by atoms with Crippen molar-refractivity contribution in [2.45, 2.75) is 37.6 Å². The molecule has 0 saturated heterocycles. The van der Waals surface area contributed by atoms with E-state index in [-0.39, 0.29) is 5.91 Å². The third kappa shape index (κ3) is 3.15. The summed E-state index contributed by atoms with van der Waals surface area (Å²) < 4.78 is 10.6. The zero-order chi connectivity index (χ0) is 18.0. The fourth-order valence-corrected chi connectivity index (χ4v) is 3.79. The molecule has 26 heavy (non-hydrogen) atoms. The van der Waals surface area contributed by atoms with Gasteiger partial charge in [-0.05, 0) is 42.7 Å². The maximum Gasteiger partial charge on any atom is 0.230 e. The highest BCUT2D eigenvalue weighted by Crippen LogP contribution is 2.41. The second-order valence-corrected chi connectivity index (χ2v) is 7.08. The molecule has 4 rings (SSSR count). The number of halogens is 1. The topological polar surface area (TPSA) is 68.3 Å². The Labute approximate surface area is 156 Å². The van der Waals surface area contributed by atoms with E-state index < -0.39 is 5.41 Å². The molecule has 6 heteroatoms. The molecule has 0 bridgehead atoms. The molecule has 0 aliphatic heterocycles. The van der Waals surface area contributed by atoms with Crippen LogP contribution >= 0.6 is 11.6 Å². The summed E-state index contributed by atoms with van der Waals surface area (Å²) in [6, 6.07) is 13.0. The molecule has 0 unspecified atom stereocenters. The summed E-state index contributed by atoms with van der Waals surface area (Å²) in [5.41, 5.74) is 1.19. The molecule has 1 N–H and O–H groups in total. The minimum Gasteiger partial charge on any atom is -0.461 e. The highest BCUT2D eigenvalue weighted by molar-refractivity contribution is 6.30. The smallest absolute Gasteiger partial charge is 0.230 e. The Kier molecular flexibility index (Phi) is 4.55. The average Bonchev–Trinajstić information content (AvgIpc) is 3.41. The lowest BCUT2D eigenvalue weighted by Crippen LogP contribution is -2.42. The average molecular weight is 371 g/mol. The molecule has 2 heterocycles. The van der Waals surface area contributed by atoms with E-state index in [0.717, 1.165) is 31.2 Å². The van der Waals surface area contributed by atoms with Gasteiger partial charge in [-0.1, -0.05) is 41.7 Å². The van der Waals surface area contributed by atoms with Crippen LogP contribution in [0.25, 0.3) is 11.5 Å². The molecule has 1 amide bonds. The van der Waals surface area contributed by atoms with Crippen LogP contribution in [0, 0.1) is 0 Å². The lowest BCUT2D eigenvalue weighted by atomic mass is 9.78. The van der Waals surface area contributed by atoms with Crippen LogP contribution in [-0.2, 0) is 16.8 Å². The number of furan rings is 1. The van der Waals surface area contributed by atoms with Gasteiger partial charge in [-0.15, -0.1) is 0 Å². The van der Waals surface area contributed by atoms with Gasteiger partial charge in [-0.3, -0.25) is 4.79 Å². The Balaban J connectivity index is 1.48. The zero-order valence-corrected chi connectivity index (χ0v) is 15.0. The second-order valence-electron chi connectivity index (χ2n) is 6.64. The summed E-state index contributed by atoms with van der Waals surface area (Å²) in [6.45, 7) is 0.318. The van der Waals surface area contributed by atoms with E-state index in [2.05, 4.69) is 10.5 Å². The molecular formula is C20H19ClN2O3. The normalized spacial score (nSPS) is 15.9. The lowest BCUT2D eigenvalue weighted by Gasteiger charge is -2.28. The van der Waals surface area contributed by atoms with Crippen molar-refractivity contribution in [1.82, 2.24) is 10.5 Å². The number of carbonyl (C=O) groups excluding carboxylic acids is 1. The van der Waals surface area contributed by atoms with Crippen LogP contribution in [0.4, 0.5) is 0 Å². The molecule has 2 aromatic heterocycles. The summed E-state index contributed by atoms with van der Waals surface area (Å²) in [7, 11) is 0. The number of rotatable bonds is 5. The van der Waals surface area contributed by atoms with Crippen LogP contribution < -0.4 is 5.32 Å². The molecule has 1 aliphatic rings. The standard InChI is InChI=1S/C20H19ClN2O3/c21-15-7-5-14(6-8-15)20(9-1-2-10-20)19(24)22-13-16-12-18(26-23-16)17-4-3-11-25-17/h3-8,11-12H,1-2,9-10,13H2,(H,22,24). The number of benzene rings is 1. The number of aromatic nitrogens is 1. The van der Waals surface area contributed by atoms with Crippen molar-refractivity contribution >= 4 is 17.5 Å². The Morgan fingerprint density at radius 1 is 1.15 bits per heavy atom. The first-order valence-corrected chi connectivity index (χ1v) is 9.09. The monoisotopic (exact) mass is 370 g/mol. The van der Waals surface area contributed by atoms with E-state index in [9.17, 15) is 4.79 Å². The molecule has 1 saturated carbocycles. The van der Waals surface area contributed by atoms with Gasteiger partial charge in [0.2, 0.25) is 11.7 Å². The SMILES string of the molecule is O=C(NCc1cc(-c2ccco2)on1)C1(c2ccc(Cl)cc2)CCCC1. The zero-order valence-electron chi connectivity index (χ0n) is 14.2. The van der Waals surface area contributed by atoms with Gasteiger partial charge in [0, 0.05) is 11.1 Å². The van der Waals surface area contributed by atoms with Crippen LogP contribution in [0.5, 0.6) is 0 Å². The highest BCUT2D eigenvalue weighted by atomic mass is 35.5. The Hall–Kier alpha value is -2.53. The third-order valence-electron chi connectivity index (χ3n) is 5.04. The van der Waals surface area contributed by atoms with Crippen molar-refractivity contribution in [3.8, 4) is 11.5 Å². The number of nitrogens with zero attached hydrogens (tertiary/aromatic N) is 1. The minimum atomic E-state index is -0.488. The quantitative estimate of drug-likeness (QED) is 0.705. The van der Waals surface area contributed by atoms with Crippen molar-refractivity contribution in [3.63, 3.8) is 0 Å². The summed E-state index contributed by atoms with van der Waals surface area (Å²) >= 11 is 6.00. The second kappa shape index (κ2) is 7.00. The number of hydrogen-bond acceptors (Lipinski definition) is 4. The van der Waals surface area contributed by atoms with Gasteiger partial charge in [0.15, 0.2) is 5.76 Å². The van der Waals surface area contributed by atoms with E-state index in [1.807, 2.05) is 24.3 Å². The van der Waals surface area contributed by atoms with Crippen molar-refractivity contribution in [2.24, 2.45) is 0 Å². The summed E-state index contributed by atoms with van der Waals surface area (Å²) in [6.07, 6.45) is 5.36. The van der Waals surface area contributed by atoms with Crippen molar-refractivity contribution in [2.75, 3.05) is 0 Å². The predicted octanol–water partition coefficient (Wildman–Crippen LogP) is 4.72. The predicted molar refractivity (Wildman–Crippen MR) is 97.6 cm³/mol. The third-order valence-corrected chi connectivity index (χ3v) is 5.29. The minimum absolute atomic E-state index is 0.0277. The van der Waals surface area contributed by atoms with Crippen LogP contribution in [0.1, 0.15) is 36.9 Å². The first-order valence-electron chi connectivity index (χ1n) is 8.71. The maximum atomic E-state index is 13.0. The van der Waals surface area contributed by atoms with Gasteiger partial charge < -0.3 is 14.3 Å². The molecule has 0 radical (unpaired) electrons. The van der Waals surface area contributed by atoms with Crippen LogP contribution in [0.15, 0.2) is 57.7 Å². The van der Waals surface area contributed by atoms with Crippen LogP contribution in [0.2, 0.25) is 5.02 Å². The molecule has 134 valence electrons. The highest BCUT2D eigenvalue weighted by Gasteiger charge is 2.42. The largest absolute Gasteiger partial charge is 0.461 e. The van der Waals surface area contributed by atoms with Gasteiger partial charge in [0.1, 0.15) is 5.69 Å². The molecule has 1 aromatic carbocycles. The fourth-order valence-electron chi connectivity index (χ4n) is 3.66. The Morgan fingerprint density at radius 3 is 2.62 bits per heavy atom. The van der Waals surface area contributed by atoms with Gasteiger partial charge in [0.05, 0.1) is 18.2 Å². The van der Waals surface area contributed by atoms with Crippen molar-refractivity contribution in [3.05, 3.63) is 65.0 Å². The maximum absolute atomic E-state index is 13.0. The summed E-state index contributed by atoms with van der Waals surface area (Å²) in [5, 5.41) is 7.72. The first kappa shape index (κ1) is 16.9. The van der Waals surface area contributed by atoms with Crippen molar-refractivity contribution in [1.29, 1.82) is 0 Å². The molecule has 0 atom stereocenters. The van der Waals surface area contributed by atoms with Gasteiger partial charge >= 0.3 is 0 Å². The van der Waals surface area contributed by atoms with E-state index in [0.29, 0.717) is 28.8 Å². The molecule has 5 nitrogen and oxygen atoms in total. The molecule has 0 spiro atoms. The van der Waals surface area contributed by atoms with Gasteiger partial charge in [-0.2, -0.15) is 0 Å². The molecule has 1 fully saturated rings. The number of hydrogen-bond donors (Lipinski definition) is 1. The number of nitrogens with one attached hydrogen (secondary N) is 1. The molecular weight excluding hydrogens is 352 g/mol. The number of carbonyl (C=O) groups is 1. The lowest BCUT2D eigenvalue weighted by molar-refractivity contribution is -0.126. The fraction of sp³-hybridized carbons (Fsp3) is 0.300. The molecule has 3 aromatic rings. The van der Waals surface area contributed by atoms with Gasteiger partial charge in [-0.25, -0.2) is 0 Å². The van der Waals surface area contributed by atoms with Crippen LogP contribution in [0.3, 0.4) is 0 Å².